The Kier molecular flexibility index (Phi) is 6.01. The molecule has 3 rings (SSSR count). The second-order valence-electron chi connectivity index (χ2n) is 6.97. The van der Waals surface area contributed by atoms with Crippen LogP contribution in [0.1, 0.15) is 47.9 Å². The third-order valence-corrected chi connectivity index (χ3v) is 4.74. The Bertz CT molecular complexity index is 887. The fourth-order valence-electron chi connectivity index (χ4n) is 3.30. The number of aryl methyl sites for hydroxylation is 3. The summed E-state index contributed by atoms with van der Waals surface area (Å²) in [6.07, 6.45) is 3.16. The van der Waals surface area contributed by atoms with Crippen LogP contribution in [0.15, 0.2) is 47.6 Å². The molecule has 0 aliphatic heterocycles. The molecule has 5 nitrogen and oxygen atoms in total. The average molecular weight is 363 g/mol. The van der Waals surface area contributed by atoms with Crippen LogP contribution in [0.4, 0.5) is 5.69 Å². The number of amides is 2. The molecule has 2 N–H and O–H groups in total. The number of anilines is 1. The molecule has 2 aromatic rings. The first-order valence-corrected chi connectivity index (χ1v) is 9.34. The number of benzene rings is 2. The highest BCUT2D eigenvalue weighted by molar-refractivity contribution is 6.03. The van der Waals surface area contributed by atoms with Crippen LogP contribution in [0.5, 0.6) is 0 Å². The average Bonchev–Trinajstić information content (AvgIpc) is 2.67. The van der Waals surface area contributed by atoms with Crippen molar-refractivity contribution < 1.29 is 9.59 Å². The van der Waals surface area contributed by atoms with Crippen molar-refractivity contribution in [1.29, 1.82) is 0 Å². The van der Waals surface area contributed by atoms with E-state index in [0.29, 0.717) is 0 Å². The lowest BCUT2D eigenvalue weighted by Crippen LogP contribution is -2.23. The number of carbonyl (C=O) groups is 2. The van der Waals surface area contributed by atoms with E-state index in [2.05, 4.69) is 21.9 Å². The summed E-state index contributed by atoms with van der Waals surface area (Å²) < 4.78 is 0. The first kappa shape index (κ1) is 18.8. The molecule has 1 aliphatic carbocycles. The molecule has 0 radical (unpaired) electrons. The van der Waals surface area contributed by atoms with Crippen LogP contribution in [0.3, 0.4) is 0 Å². The lowest BCUT2D eigenvalue weighted by Gasteiger charge is -2.17. The van der Waals surface area contributed by atoms with E-state index in [4.69, 9.17) is 0 Å². The summed E-state index contributed by atoms with van der Waals surface area (Å²) in [4.78, 5) is 24.2. The summed E-state index contributed by atoms with van der Waals surface area (Å²) in [5, 5.41) is 7.15. The first-order valence-electron chi connectivity index (χ1n) is 9.34. The molecule has 0 heterocycles. The molecule has 1 aliphatic rings. The summed E-state index contributed by atoms with van der Waals surface area (Å²) in [6, 6.07) is 14.0. The normalized spacial score (nSPS) is 14.5. The van der Waals surface area contributed by atoms with E-state index < -0.39 is 0 Å². The van der Waals surface area contributed by atoms with E-state index in [1.807, 2.05) is 50.2 Å². The van der Waals surface area contributed by atoms with Crippen molar-refractivity contribution in [3.05, 3.63) is 64.7 Å². The molecule has 0 bridgehead atoms. The fourth-order valence-corrected chi connectivity index (χ4v) is 3.30. The molecular formula is C22H25N3O2. The highest BCUT2D eigenvalue weighted by Crippen LogP contribution is 2.21. The van der Waals surface area contributed by atoms with Crippen LogP contribution >= 0.6 is 0 Å². The van der Waals surface area contributed by atoms with Gasteiger partial charge in [0.2, 0.25) is 11.8 Å². The quantitative estimate of drug-likeness (QED) is 0.792. The molecule has 0 atom stereocenters. The van der Waals surface area contributed by atoms with Gasteiger partial charge >= 0.3 is 0 Å². The molecule has 2 amide bonds. The number of hydrogen-bond donors (Lipinski definition) is 2. The van der Waals surface area contributed by atoms with Gasteiger partial charge in [-0.25, -0.2) is 5.43 Å². The monoisotopic (exact) mass is 363 g/mol. The highest BCUT2D eigenvalue weighted by atomic mass is 16.2. The maximum Gasteiger partial charge on any atom is 0.240 e. The number of fused-ring (bicyclic) bond motifs is 1. The van der Waals surface area contributed by atoms with Crippen molar-refractivity contribution in [3.8, 4) is 0 Å². The van der Waals surface area contributed by atoms with Gasteiger partial charge in [-0.3, -0.25) is 9.59 Å². The van der Waals surface area contributed by atoms with E-state index >= 15 is 0 Å². The molecule has 2 aromatic carbocycles. The van der Waals surface area contributed by atoms with Crippen LogP contribution < -0.4 is 10.7 Å². The zero-order valence-electron chi connectivity index (χ0n) is 15.8. The van der Waals surface area contributed by atoms with Crippen molar-refractivity contribution in [2.24, 2.45) is 5.10 Å². The molecule has 0 saturated heterocycles. The molecule has 0 saturated carbocycles. The topological polar surface area (TPSA) is 70.6 Å². The van der Waals surface area contributed by atoms with Gasteiger partial charge in [-0.2, -0.15) is 5.10 Å². The fraction of sp³-hybridized carbons (Fsp3) is 0.318. The minimum absolute atomic E-state index is 0.106. The number of carbonyl (C=O) groups excluding carboxylic acids is 2. The van der Waals surface area contributed by atoms with Gasteiger partial charge in [-0.05, 0) is 50.3 Å². The van der Waals surface area contributed by atoms with Gasteiger partial charge in [-0.15, -0.1) is 0 Å². The van der Waals surface area contributed by atoms with E-state index in [9.17, 15) is 9.59 Å². The molecule has 0 aromatic heterocycles. The molecular weight excluding hydrogens is 338 g/mol. The number of nitrogens with one attached hydrogen (secondary N) is 2. The number of hydrogen-bond acceptors (Lipinski definition) is 3. The standard InChI is InChI=1S/C22H25N3O2/c1-15-10-11-19(16(2)14-15)23-21(26)12-13-22(27)25-24-20-9-5-7-17-6-3-4-8-18(17)20/h3-4,6,8,10-11,14H,5,7,9,12-13H2,1-2H3,(H,23,26)(H,25,27)/b24-20-. The third kappa shape index (κ3) is 5.03. The highest BCUT2D eigenvalue weighted by Gasteiger charge is 2.15. The van der Waals surface area contributed by atoms with Crippen molar-refractivity contribution in [2.45, 2.75) is 46.0 Å². The summed E-state index contributed by atoms with van der Waals surface area (Å²) in [6.45, 7) is 3.96. The lowest BCUT2D eigenvalue weighted by molar-refractivity contribution is -0.124. The minimum atomic E-state index is -0.249. The van der Waals surface area contributed by atoms with E-state index in [1.54, 1.807) is 0 Å². The number of hydrazone groups is 1. The first-order chi connectivity index (χ1) is 13.0. The Labute approximate surface area is 159 Å². The van der Waals surface area contributed by atoms with Gasteiger partial charge in [0.15, 0.2) is 0 Å². The van der Waals surface area contributed by atoms with Crippen molar-refractivity contribution >= 4 is 23.2 Å². The minimum Gasteiger partial charge on any atom is -0.326 e. The molecule has 5 heteroatoms. The van der Waals surface area contributed by atoms with Crippen molar-refractivity contribution in [2.75, 3.05) is 5.32 Å². The predicted molar refractivity (Wildman–Crippen MR) is 108 cm³/mol. The van der Waals surface area contributed by atoms with Gasteiger partial charge < -0.3 is 5.32 Å². The van der Waals surface area contributed by atoms with Crippen molar-refractivity contribution in [3.63, 3.8) is 0 Å². The Morgan fingerprint density at radius 3 is 2.59 bits per heavy atom. The molecule has 140 valence electrons. The Morgan fingerprint density at radius 1 is 1.00 bits per heavy atom. The van der Waals surface area contributed by atoms with E-state index in [0.717, 1.165) is 47.4 Å². The molecule has 27 heavy (non-hydrogen) atoms. The largest absolute Gasteiger partial charge is 0.326 e. The molecule has 0 spiro atoms. The van der Waals surface area contributed by atoms with Gasteiger partial charge in [0.25, 0.3) is 0 Å². The maximum atomic E-state index is 12.1. The summed E-state index contributed by atoms with van der Waals surface area (Å²) >= 11 is 0. The van der Waals surface area contributed by atoms with Gasteiger partial charge in [0.05, 0.1) is 5.71 Å². The zero-order chi connectivity index (χ0) is 19.2. The van der Waals surface area contributed by atoms with Crippen LogP contribution in [-0.2, 0) is 16.0 Å². The Morgan fingerprint density at radius 2 is 1.78 bits per heavy atom. The third-order valence-electron chi connectivity index (χ3n) is 4.74. The van der Waals surface area contributed by atoms with Crippen LogP contribution in [0.25, 0.3) is 0 Å². The second-order valence-corrected chi connectivity index (χ2v) is 6.97. The van der Waals surface area contributed by atoms with Crippen LogP contribution in [-0.4, -0.2) is 17.5 Å². The summed E-state index contributed by atoms with van der Waals surface area (Å²) in [5.41, 5.74) is 8.82. The summed E-state index contributed by atoms with van der Waals surface area (Å²) in [5.74, 6) is -0.422. The Hall–Kier alpha value is -2.95. The Balaban J connectivity index is 1.51. The summed E-state index contributed by atoms with van der Waals surface area (Å²) in [7, 11) is 0. The van der Waals surface area contributed by atoms with Crippen molar-refractivity contribution in [1.82, 2.24) is 5.43 Å². The van der Waals surface area contributed by atoms with E-state index in [-0.39, 0.29) is 24.7 Å². The lowest BCUT2D eigenvalue weighted by atomic mass is 9.90. The van der Waals surface area contributed by atoms with E-state index in [1.165, 1.54) is 5.56 Å². The van der Waals surface area contributed by atoms with Crippen LogP contribution in [0, 0.1) is 13.8 Å². The number of rotatable bonds is 5. The predicted octanol–water partition coefficient (Wildman–Crippen LogP) is 3.88. The second kappa shape index (κ2) is 8.62. The molecule has 0 unspecified atom stereocenters. The molecule has 0 fully saturated rings. The van der Waals surface area contributed by atoms with Gasteiger partial charge in [0.1, 0.15) is 0 Å². The van der Waals surface area contributed by atoms with Gasteiger partial charge in [0, 0.05) is 24.1 Å². The zero-order valence-corrected chi connectivity index (χ0v) is 15.8. The smallest absolute Gasteiger partial charge is 0.240 e. The number of nitrogens with zero attached hydrogens (tertiary/aromatic N) is 1. The maximum absolute atomic E-state index is 12.1. The van der Waals surface area contributed by atoms with Gasteiger partial charge in [-0.1, -0.05) is 42.0 Å². The SMILES string of the molecule is Cc1ccc(NC(=O)CCC(=O)N/N=C2/CCCc3ccccc32)c(C)c1. The van der Waals surface area contributed by atoms with Crippen LogP contribution in [0.2, 0.25) is 0 Å².